The van der Waals surface area contributed by atoms with E-state index in [9.17, 15) is 4.79 Å². The zero-order chi connectivity index (χ0) is 18.1. The number of carbonyl (C=O) groups is 1. The second kappa shape index (κ2) is 8.79. The Morgan fingerprint density at radius 2 is 1.58 bits per heavy atom. The summed E-state index contributed by atoms with van der Waals surface area (Å²) in [7, 11) is 0. The van der Waals surface area contributed by atoms with Gasteiger partial charge in [-0.3, -0.25) is 4.79 Å². The Morgan fingerprint density at radius 3 is 2.19 bits per heavy atom. The van der Waals surface area contributed by atoms with Crippen molar-refractivity contribution in [2.24, 2.45) is 0 Å². The summed E-state index contributed by atoms with van der Waals surface area (Å²) >= 11 is 9.31. The molecule has 1 aromatic carbocycles. The molecule has 0 aromatic heterocycles. The molecule has 0 aliphatic carbocycles. The van der Waals surface area contributed by atoms with Crippen LogP contribution in [0.15, 0.2) is 45.3 Å². The van der Waals surface area contributed by atoms with Crippen LogP contribution in [0.4, 0.5) is 0 Å². The maximum absolute atomic E-state index is 11.1. The van der Waals surface area contributed by atoms with Gasteiger partial charge in [-0.25, -0.2) is 0 Å². The summed E-state index contributed by atoms with van der Waals surface area (Å²) in [6.07, 6.45) is 1.43. The fraction of sp³-hybridized carbons (Fsp3) is 0.278. The fourth-order valence-electron chi connectivity index (χ4n) is 2.48. The van der Waals surface area contributed by atoms with E-state index in [-0.39, 0.29) is 5.97 Å². The molecule has 8 heteroatoms. The van der Waals surface area contributed by atoms with Gasteiger partial charge in [0.05, 0.1) is 0 Å². The average molecular weight is 551 g/mol. The summed E-state index contributed by atoms with van der Waals surface area (Å²) in [6, 6.07) is 7.85. The van der Waals surface area contributed by atoms with Crippen LogP contribution in [0.1, 0.15) is 25.8 Å². The zero-order valence-electron chi connectivity index (χ0n) is 14.2. The van der Waals surface area contributed by atoms with Gasteiger partial charge in [-0.15, -0.1) is 0 Å². The molecule has 0 bridgehead atoms. The molecule has 26 heavy (non-hydrogen) atoms. The molecule has 0 spiro atoms. The van der Waals surface area contributed by atoms with E-state index in [2.05, 4.69) is 30.4 Å². The molecule has 0 unspecified atom stereocenters. The number of ether oxygens (including phenoxy) is 1. The van der Waals surface area contributed by atoms with E-state index in [0.717, 1.165) is 0 Å². The molecule has 3 aliphatic rings. The van der Waals surface area contributed by atoms with Crippen molar-refractivity contribution in [2.75, 3.05) is 0 Å². The molecule has 2 nitrogen and oxygen atoms in total. The number of rotatable bonds is 2. The van der Waals surface area contributed by atoms with Gasteiger partial charge in [0, 0.05) is 6.92 Å². The van der Waals surface area contributed by atoms with E-state index in [1.807, 2.05) is 47.8 Å². The van der Waals surface area contributed by atoms with Crippen molar-refractivity contribution in [2.45, 2.75) is 30.9 Å². The van der Waals surface area contributed by atoms with Crippen molar-refractivity contribution in [3.63, 3.8) is 0 Å². The van der Waals surface area contributed by atoms with E-state index in [4.69, 9.17) is 4.74 Å². The number of allylic oxidation sites excluding steroid dienone is 1. The van der Waals surface area contributed by atoms with Crippen LogP contribution < -0.4 is 4.74 Å². The molecule has 0 atom stereocenters. The van der Waals surface area contributed by atoms with Gasteiger partial charge < -0.3 is 0 Å². The van der Waals surface area contributed by atoms with Crippen LogP contribution in [0, 0.1) is 0 Å². The number of thioether (sulfide) groups is 4. The first-order valence-electron chi connectivity index (χ1n) is 8.05. The van der Waals surface area contributed by atoms with Gasteiger partial charge in [0.25, 0.3) is 0 Å². The monoisotopic (exact) mass is 552 g/mol. The van der Waals surface area contributed by atoms with Crippen LogP contribution in [-0.2, 0) is 4.79 Å². The third kappa shape index (κ3) is 4.49. The maximum atomic E-state index is 11.1. The summed E-state index contributed by atoms with van der Waals surface area (Å²) in [5.41, 5.74) is 1.20. The number of hydrogen-bond acceptors (Lipinski definition) is 6. The first-order valence-corrected chi connectivity index (χ1v) is 15.5. The molecule has 0 amide bonds. The molecular weight excluding hydrogens is 534 g/mol. The summed E-state index contributed by atoms with van der Waals surface area (Å²) < 4.78 is 11.5. The number of esters is 1. The topological polar surface area (TPSA) is 26.3 Å². The van der Waals surface area contributed by atoms with E-state index >= 15 is 0 Å². The van der Waals surface area contributed by atoms with Crippen LogP contribution in [0.3, 0.4) is 0 Å². The second-order valence-corrected chi connectivity index (χ2v) is 16.2. The predicted molar refractivity (Wildman–Crippen MR) is 121 cm³/mol. The Labute approximate surface area is 183 Å². The molecule has 136 valence electrons. The molecular formula is C18H16O2S4Se2. The Morgan fingerprint density at radius 1 is 0.962 bits per heavy atom. The Bertz CT molecular complexity index is 823. The third-order valence-corrected chi connectivity index (χ3v) is 16.5. The van der Waals surface area contributed by atoms with Crippen LogP contribution in [0.2, 0.25) is 10.6 Å². The van der Waals surface area contributed by atoms with Gasteiger partial charge in [0.1, 0.15) is 0 Å². The van der Waals surface area contributed by atoms with Gasteiger partial charge in [0.2, 0.25) is 0 Å². The summed E-state index contributed by atoms with van der Waals surface area (Å²) in [4.78, 5) is 13.8. The second-order valence-electron chi connectivity index (χ2n) is 5.61. The first-order chi connectivity index (χ1) is 12.6. The molecule has 0 fully saturated rings. The van der Waals surface area contributed by atoms with E-state index in [0.29, 0.717) is 35.7 Å². The fourth-order valence-corrected chi connectivity index (χ4v) is 16.7. The number of carbonyl (C=O) groups excluding carboxylic acids is 1. The SMILES string of the molecule is CC(=O)Oc1ccc(C2=C(C)SC(=C3SC4=C(S3)[Se]CCC[Se]4)S2)cc1. The standard InChI is InChI=1S/C18H16O2S4Se2/c1-10-14(12-4-6-13(7-5-12)20-11(2)19)22-15(21-10)16-23-17-18(24-16)26-9-3-8-25-17/h4-7H,3,8-9H2,1-2H3. The third-order valence-electron chi connectivity index (χ3n) is 3.60. The average Bonchev–Trinajstić information content (AvgIpc) is 3.12. The Balaban J connectivity index is 1.49. The van der Waals surface area contributed by atoms with Crippen LogP contribution in [-0.4, -0.2) is 35.9 Å². The van der Waals surface area contributed by atoms with Gasteiger partial charge in [-0.05, 0) is 0 Å². The van der Waals surface area contributed by atoms with E-state index < -0.39 is 0 Å². The normalized spacial score (nSPS) is 20.5. The first kappa shape index (κ1) is 19.7. The Hall–Kier alpha value is 0.349. The molecule has 0 N–H and O–H groups in total. The number of benzene rings is 1. The van der Waals surface area contributed by atoms with Crippen LogP contribution in [0.5, 0.6) is 5.75 Å². The van der Waals surface area contributed by atoms with Crippen molar-refractivity contribution in [1.82, 2.24) is 0 Å². The predicted octanol–water partition coefficient (Wildman–Crippen LogP) is 6.16. The van der Waals surface area contributed by atoms with Crippen LogP contribution in [0.25, 0.3) is 4.91 Å². The Kier molecular flexibility index (Phi) is 6.65. The minimum absolute atomic E-state index is 0.281. The zero-order valence-corrected chi connectivity index (χ0v) is 20.9. The summed E-state index contributed by atoms with van der Waals surface area (Å²) in [6.45, 7) is 3.63. The van der Waals surface area contributed by atoms with E-state index in [1.165, 1.54) is 47.8 Å². The molecule has 3 heterocycles. The van der Waals surface area contributed by atoms with Crippen molar-refractivity contribution in [1.29, 1.82) is 0 Å². The van der Waals surface area contributed by atoms with Crippen molar-refractivity contribution in [3.8, 4) is 5.75 Å². The van der Waals surface area contributed by atoms with Gasteiger partial charge in [-0.2, -0.15) is 0 Å². The molecule has 0 radical (unpaired) electrons. The van der Waals surface area contributed by atoms with Gasteiger partial charge in [0.15, 0.2) is 0 Å². The van der Waals surface area contributed by atoms with Crippen LogP contribution >= 0.6 is 47.0 Å². The quantitative estimate of drug-likeness (QED) is 0.249. The summed E-state index contributed by atoms with van der Waals surface area (Å²) in [5.74, 6) is 0.324. The van der Waals surface area contributed by atoms with Crippen molar-refractivity contribution in [3.05, 3.63) is 50.8 Å². The van der Waals surface area contributed by atoms with Gasteiger partial charge in [-0.1, -0.05) is 0 Å². The van der Waals surface area contributed by atoms with Crippen molar-refractivity contribution >= 4 is 87.8 Å². The molecule has 1 aromatic rings. The molecule has 4 rings (SSSR count). The summed E-state index contributed by atoms with van der Waals surface area (Å²) in [5, 5.41) is 2.84. The van der Waals surface area contributed by atoms with Crippen molar-refractivity contribution < 1.29 is 9.53 Å². The molecule has 3 aliphatic heterocycles. The van der Waals surface area contributed by atoms with E-state index in [1.54, 1.807) is 7.61 Å². The molecule has 0 saturated carbocycles. The minimum atomic E-state index is -0.281. The number of hydrogen-bond donors (Lipinski definition) is 0. The van der Waals surface area contributed by atoms with Gasteiger partial charge >= 0.3 is 173 Å². The molecule has 0 saturated heterocycles.